The van der Waals surface area contributed by atoms with Crippen molar-refractivity contribution in [2.75, 3.05) is 0 Å². The molecule has 0 amide bonds. The lowest BCUT2D eigenvalue weighted by atomic mass is 9.86. The van der Waals surface area contributed by atoms with E-state index in [1.165, 1.54) is 58.0 Å². The van der Waals surface area contributed by atoms with Crippen LogP contribution in [0.5, 0.6) is 0 Å². The Kier molecular flexibility index (Phi) is 4.21. The van der Waals surface area contributed by atoms with E-state index in [0.717, 1.165) is 5.02 Å². The summed E-state index contributed by atoms with van der Waals surface area (Å²) in [4.78, 5) is 0. The third-order valence-corrected chi connectivity index (χ3v) is 5.81. The van der Waals surface area contributed by atoms with Gasteiger partial charge in [-0.3, -0.25) is 0 Å². The van der Waals surface area contributed by atoms with Crippen LogP contribution in [0.3, 0.4) is 0 Å². The summed E-state index contributed by atoms with van der Waals surface area (Å²) in [5.74, 6) is 0.444. The molecule has 0 N–H and O–H groups in total. The number of unbranched alkanes of at least 4 members (excludes halogenated alkanes) is 1. The highest BCUT2D eigenvalue weighted by Crippen LogP contribution is 2.51. The van der Waals surface area contributed by atoms with Crippen LogP contribution in [0.15, 0.2) is 48.7 Å². The first-order valence-corrected chi connectivity index (χ1v) is 9.54. The van der Waals surface area contributed by atoms with Gasteiger partial charge in [0, 0.05) is 40.7 Å². The summed E-state index contributed by atoms with van der Waals surface area (Å²) in [6.45, 7) is 4.54. The van der Waals surface area contributed by atoms with Crippen LogP contribution in [-0.4, -0.2) is 4.57 Å². The van der Waals surface area contributed by atoms with Gasteiger partial charge in [0.1, 0.15) is 0 Å². The quantitative estimate of drug-likeness (QED) is 0.475. The van der Waals surface area contributed by atoms with Crippen LogP contribution in [0.25, 0.3) is 22.0 Å². The summed E-state index contributed by atoms with van der Waals surface area (Å²) in [7, 11) is 2.14. The normalized spacial score (nSPS) is 16.7. The zero-order chi connectivity index (χ0) is 17.6. The number of hydrogen-bond donors (Lipinski definition) is 0. The molecule has 1 atom stereocenters. The molecule has 4 rings (SSSR count). The minimum atomic E-state index is 0.444. The fourth-order valence-corrected chi connectivity index (χ4v) is 4.56. The molecule has 0 aliphatic heterocycles. The maximum absolute atomic E-state index is 6.34. The Balaban J connectivity index is 1.93. The topological polar surface area (TPSA) is 4.93 Å². The van der Waals surface area contributed by atoms with Gasteiger partial charge in [0.2, 0.25) is 0 Å². The van der Waals surface area contributed by atoms with E-state index in [9.17, 15) is 0 Å². The van der Waals surface area contributed by atoms with Crippen LogP contribution in [0.1, 0.15) is 55.7 Å². The Labute approximate surface area is 154 Å². The average Bonchev–Trinajstić information content (AvgIpc) is 3.08. The molecular weight excluding hydrogens is 326 g/mol. The van der Waals surface area contributed by atoms with Crippen molar-refractivity contribution in [3.63, 3.8) is 0 Å². The summed E-state index contributed by atoms with van der Waals surface area (Å²) in [6.07, 6.45) is 5.93. The third-order valence-electron chi connectivity index (χ3n) is 5.58. The van der Waals surface area contributed by atoms with E-state index in [1.807, 2.05) is 6.07 Å². The summed E-state index contributed by atoms with van der Waals surface area (Å²) >= 11 is 6.34. The maximum atomic E-state index is 6.34. The van der Waals surface area contributed by atoms with E-state index in [2.05, 4.69) is 68.1 Å². The summed E-state index contributed by atoms with van der Waals surface area (Å²) < 4.78 is 2.25. The first-order valence-electron chi connectivity index (χ1n) is 9.16. The number of para-hydroxylation sites is 1. The highest BCUT2D eigenvalue weighted by Gasteiger charge is 2.31. The van der Waals surface area contributed by atoms with Gasteiger partial charge in [-0.15, -0.1) is 0 Å². The van der Waals surface area contributed by atoms with Gasteiger partial charge < -0.3 is 4.57 Å². The zero-order valence-electron chi connectivity index (χ0n) is 15.1. The van der Waals surface area contributed by atoms with Gasteiger partial charge in [0.15, 0.2) is 0 Å². The molecule has 2 heteroatoms. The van der Waals surface area contributed by atoms with E-state index in [-0.39, 0.29) is 0 Å². The fraction of sp³-hybridized carbons (Fsp3) is 0.304. The Morgan fingerprint density at radius 2 is 1.88 bits per heavy atom. The van der Waals surface area contributed by atoms with Crippen molar-refractivity contribution in [1.82, 2.24) is 4.57 Å². The summed E-state index contributed by atoms with van der Waals surface area (Å²) in [5, 5.41) is 2.19. The molecule has 1 unspecified atom stereocenters. The number of allylic oxidation sites excluding steroid dienone is 2. The van der Waals surface area contributed by atoms with Gasteiger partial charge in [-0.2, -0.15) is 0 Å². The molecule has 1 nitrogen and oxygen atoms in total. The third kappa shape index (κ3) is 2.62. The maximum Gasteiger partial charge on any atom is 0.0484 e. The number of fused-ring (bicyclic) bond motifs is 2. The predicted molar refractivity (Wildman–Crippen MR) is 109 cm³/mol. The van der Waals surface area contributed by atoms with Gasteiger partial charge in [-0.1, -0.05) is 55.6 Å². The van der Waals surface area contributed by atoms with E-state index in [0.29, 0.717) is 5.92 Å². The molecule has 25 heavy (non-hydrogen) atoms. The second-order valence-electron chi connectivity index (χ2n) is 7.14. The Morgan fingerprint density at radius 1 is 1.08 bits per heavy atom. The molecule has 1 aliphatic carbocycles. The van der Waals surface area contributed by atoms with Crippen molar-refractivity contribution in [3.8, 4) is 0 Å². The average molecular weight is 350 g/mol. The standard InChI is InChI=1S/C23H24ClN/c1-4-5-8-19-20-13-16(24)11-12-17(20)15(2)23(19)21-14-25(3)22-10-7-6-9-18(21)22/h6-7,9-14,19H,4-5,8H2,1-3H3. The van der Waals surface area contributed by atoms with E-state index < -0.39 is 0 Å². The van der Waals surface area contributed by atoms with Crippen molar-refractivity contribution >= 4 is 33.7 Å². The molecule has 1 aromatic heterocycles. The number of hydrogen-bond acceptors (Lipinski definition) is 0. The first kappa shape index (κ1) is 16.5. The number of rotatable bonds is 4. The lowest BCUT2D eigenvalue weighted by Crippen LogP contribution is -1.99. The highest BCUT2D eigenvalue weighted by molar-refractivity contribution is 6.30. The largest absolute Gasteiger partial charge is 0.350 e. The molecule has 3 aromatic rings. The molecule has 0 radical (unpaired) electrons. The number of halogens is 1. The van der Waals surface area contributed by atoms with Gasteiger partial charge in [0.05, 0.1) is 0 Å². The first-order chi connectivity index (χ1) is 12.1. The molecule has 1 aliphatic rings. The monoisotopic (exact) mass is 349 g/mol. The van der Waals surface area contributed by atoms with Crippen LogP contribution in [-0.2, 0) is 7.05 Å². The lowest BCUT2D eigenvalue weighted by Gasteiger charge is -2.17. The molecule has 0 saturated heterocycles. The molecule has 0 fully saturated rings. The molecule has 1 heterocycles. The minimum Gasteiger partial charge on any atom is -0.350 e. The van der Waals surface area contributed by atoms with Crippen LogP contribution in [0.2, 0.25) is 5.02 Å². The van der Waals surface area contributed by atoms with Crippen molar-refractivity contribution in [2.24, 2.45) is 7.05 Å². The SMILES string of the molecule is CCCCC1C(c2cn(C)c3ccccc23)=C(C)c2ccc(Cl)cc21. The van der Waals surface area contributed by atoms with Crippen molar-refractivity contribution in [1.29, 1.82) is 0 Å². The lowest BCUT2D eigenvalue weighted by molar-refractivity contribution is 0.678. The van der Waals surface area contributed by atoms with E-state index >= 15 is 0 Å². The highest BCUT2D eigenvalue weighted by atomic mass is 35.5. The molecular formula is C23H24ClN. The number of nitrogens with zero attached hydrogens (tertiary/aromatic N) is 1. The zero-order valence-corrected chi connectivity index (χ0v) is 15.9. The fourth-order valence-electron chi connectivity index (χ4n) is 4.38. The molecule has 0 spiro atoms. The van der Waals surface area contributed by atoms with E-state index in [1.54, 1.807) is 0 Å². The minimum absolute atomic E-state index is 0.444. The van der Waals surface area contributed by atoms with Crippen LogP contribution in [0, 0.1) is 0 Å². The van der Waals surface area contributed by atoms with Gasteiger partial charge >= 0.3 is 0 Å². The van der Waals surface area contributed by atoms with Gasteiger partial charge in [0.25, 0.3) is 0 Å². The second kappa shape index (κ2) is 6.38. The van der Waals surface area contributed by atoms with Crippen molar-refractivity contribution < 1.29 is 0 Å². The van der Waals surface area contributed by atoms with Crippen LogP contribution < -0.4 is 0 Å². The molecule has 0 bridgehead atoms. The number of benzene rings is 2. The van der Waals surface area contributed by atoms with Crippen molar-refractivity contribution in [2.45, 2.75) is 39.0 Å². The molecule has 0 saturated carbocycles. The summed E-state index contributed by atoms with van der Waals surface area (Å²) in [5.41, 5.74) is 8.34. The Bertz CT molecular complexity index is 977. The molecule has 128 valence electrons. The van der Waals surface area contributed by atoms with Gasteiger partial charge in [-0.05, 0) is 53.8 Å². The van der Waals surface area contributed by atoms with Crippen molar-refractivity contribution in [3.05, 3.63) is 70.4 Å². The Hall–Kier alpha value is -1.99. The molecule has 2 aromatic carbocycles. The van der Waals surface area contributed by atoms with E-state index in [4.69, 9.17) is 11.6 Å². The Morgan fingerprint density at radius 3 is 2.68 bits per heavy atom. The van der Waals surface area contributed by atoms with Crippen LogP contribution in [0.4, 0.5) is 0 Å². The van der Waals surface area contributed by atoms with Crippen LogP contribution >= 0.6 is 11.6 Å². The predicted octanol–water partition coefficient (Wildman–Crippen LogP) is 7.05. The second-order valence-corrected chi connectivity index (χ2v) is 7.57. The summed E-state index contributed by atoms with van der Waals surface area (Å²) in [6, 6.07) is 15.1. The number of aromatic nitrogens is 1. The number of aryl methyl sites for hydroxylation is 1. The smallest absolute Gasteiger partial charge is 0.0484 e. The van der Waals surface area contributed by atoms with Gasteiger partial charge in [-0.25, -0.2) is 0 Å².